The Bertz CT molecular complexity index is 375. The van der Waals surface area contributed by atoms with Crippen LogP contribution in [0.25, 0.3) is 0 Å². The normalized spacial score (nSPS) is 26.1. The summed E-state index contributed by atoms with van der Waals surface area (Å²) in [5, 5.41) is 7.74. The minimum Gasteiger partial charge on any atom is -0.493 e. The van der Waals surface area contributed by atoms with Crippen molar-refractivity contribution in [1.82, 2.24) is 15.1 Å². The van der Waals surface area contributed by atoms with Crippen molar-refractivity contribution in [2.24, 2.45) is 18.9 Å². The Morgan fingerprint density at radius 1 is 1.53 bits per heavy atom. The molecule has 1 fully saturated rings. The molecular weight excluding hydrogens is 214 g/mol. The van der Waals surface area contributed by atoms with Crippen molar-refractivity contribution in [3.05, 3.63) is 11.9 Å². The molecule has 1 aliphatic rings. The van der Waals surface area contributed by atoms with Crippen LogP contribution in [-0.2, 0) is 7.05 Å². The fourth-order valence-electron chi connectivity index (χ4n) is 3.09. The van der Waals surface area contributed by atoms with Crippen LogP contribution in [0.2, 0.25) is 0 Å². The van der Waals surface area contributed by atoms with Crippen molar-refractivity contribution < 1.29 is 4.74 Å². The number of hydrogen-bond donors (Lipinski definition) is 1. The standard InChI is InChI=1S/C13H23N3O/c1-9-5-6-10(7-9)12(14-2)13-11(17-4)8-15-16(13)3/h8-10,12,14H,5-7H2,1-4H3. The molecule has 3 atom stereocenters. The summed E-state index contributed by atoms with van der Waals surface area (Å²) in [5.74, 6) is 2.43. The van der Waals surface area contributed by atoms with Gasteiger partial charge in [-0.1, -0.05) is 13.3 Å². The molecule has 1 N–H and O–H groups in total. The van der Waals surface area contributed by atoms with Crippen molar-refractivity contribution in [2.75, 3.05) is 14.2 Å². The van der Waals surface area contributed by atoms with Crippen molar-refractivity contribution >= 4 is 0 Å². The predicted molar refractivity (Wildman–Crippen MR) is 68.1 cm³/mol. The molecule has 0 radical (unpaired) electrons. The quantitative estimate of drug-likeness (QED) is 0.872. The van der Waals surface area contributed by atoms with Crippen molar-refractivity contribution in [1.29, 1.82) is 0 Å². The average Bonchev–Trinajstić information content (AvgIpc) is 2.89. The molecule has 3 unspecified atom stereocenters. The third-order valence-corrected chi connectivity index (χ3v) is 3.98. The van der Waals surface area contributed by atoms with Gasteiger partial charge in [0.25, 0.3) is 0 Å². The molecule has 1 aromatic rings. The van der Waals surface area contributed by atoms with Gasteiger partial charge >= 0.3 is 0 Å². The number of hydrogen-bond acceptors (Lipinski definition) is 3. The Kier molecular flexibility index (Phi) is 3.72. The number of aromatic nitrogens is 2. The van der Waals surface area contributed by atoms with Crippen LogP contribution in [0.4, 0.5) is 0 Å². The van der Waals surface area contributed by atoms with E-state index in [0.29, 0.717) is 12.0 Å². The highest BCUT2D eigenvalue weighted by molar-refractivity contribution is 5.28. The Morgan fingerprint density at radius 2 is 2.29 bits per heavy atom. The lowest BCUT2D eigenvalue weighted by Gasteiger charge is -2.24. The number of methoxy groups -OCH3 is 1. The van der Waals surface area contributed by atoms with Crippen molar-refractivity contribution in [2.45, 2.75) is 32.2 Å². The van der Waals surface area contributed by atoms with Gasteiger partial charge in [-0.15, -0.1) is 0 Å². The Balaban J connectivity index is 2.25. The number of rotatable bonds is 4. The molecular formula is C13H23N3O. The van der Waals surface area contributed by atoms with Gasteiger partial charge in [-0.05, 0) is 31.7 Å². The van der Waals surface area contributed by atoms with Gasteiger partial charge in [-0.3, -0.25) is 4.68 Å². The van der Waals surface area contributed by atoms with Crippen molar-refractivity contribution in [3.8, 4) is 5.75 Å². The van der Waals surface area contributed by atoms with Crippen LogP contribution in [0.5, 0.6) is 5.75 Å². The van der Waals surface area contributed by atoms with E-state index in [9.17, 15) is 0 Å². The second-order valence-electron chi connectivity index (χ2n) is 5.17. The smallest absolute Gasteiger partial charge is 0.161 e. The molecule has 2 rings (SSSR count). The van der Waals surface area contributed by atoms with Crippen LogP contribution in [0.15, 0.2) is 6.20 Å². The van der Waals surface area contributed by atoms with Crippen LogP contribution >= 0.6 is 0 Å². The molecule has 0 aromatic carbocycles. The maximum absolute atomic E-state index is 5.41. The van der Waals surface area contributed by atoms with E-state index in [1.54, 1.807) is 13.3 Å². The first kappa shape index (κ1) is 12.4. The largest absolute Gasteiger partial charge is 0.493 e. The van der Waals surface area contributed by atoms with Gasteiger partial charge in [-0.25, -0.2) is 0 Å². The minimum absolute atomic E-state index is 0.349. The highest BCUT2D eigenvalue weighted by atomic mass is 16.5. The van der Waals surface area contributed by atoms with E-state index < -0.39 is 0 Å². The maximum Gasteiger partial charge on any atom is 0.161 e. The Hall–Kier alpha value is -1.03. The van der Waals surface area contributed by atoms with Crippen molar-refractivity contribution in [3.63, 3.8) is 0 Å². The lowest BCUT2D eigenvalue weighted by Crippen LogP contribution is -2.26. The molecule has 17 heavy (non-hydrogen) atoms. The zero-order chi connectivity index (χ0) is 12.4. The van der Waals surface area contributed by atoms with Gasteiger partial charge in [0, 0.05) is 7.05 Å². The molecule has 1 aromatic heterocycles. The van der Waals surface area contributed by atoms with Gasteiger partial charge in [0.2, 0.25) is 0 Å². The third kappa shape index (κ3) is 2.32. The Morgan fingerprint density at radius 3 is 2.82 bits per heavy atom. The lowest BCUT2D eigenvalue weighted by molar-refractivity contribution is 0.340. The van der Waals surface area contributed by atoms with E-state index in [2.05, 4.69) is 17.3 Å². The summed E-state index contributed by atoms with van der Waals surface area (Å²) < 4.78 is 7.35. The summed E-state index contributed by atoms with van der Waals surface area (Å²) >= 11 is 0. The number of ether oxygens (including phenoxy) is 1. The van der Waals surface area contributed by atoms with Crippen LogP contribution in [0.1, 0.15) is 37.9 Å². The topological polar surface area (TPSA) is 39.1 Å². The zero-order valence-electron chi connectivity index (χ0n) is 11.2. The van der Waals surface area contributed by atoms with Crippen LogP contribution < -0.4 is 10.1 Å². The van der Waals surface area contributed by atoms with E-state index in [-0.39, 0.29) is 0 Å². The van der Waals surface area contributed by atoms with Crippen LogP contribution in [-0.4, -0.2) is 23.9 Å². The monoisotopic (exact) mass is 237 g/mol. The highest BCUT2D eigenvalue weighted by Crippen LogP contribution is 2.40. The molecule has 1 heterocycles. The average molecular weight is 237 g/mol. The molecule has 1 saturated carbocycles. The van der Waals surface area contributed by atoms with Crippen LogP contribution in [0.3, 0.4) is 0 Å². The summed E-state index contributed by atoms with van der Waals surface area (Å²) in [7, 11) is 5.73. The predicted octanol–water partition coefficient (Wildman–Crippen LogP) is 2.13. The van der Waals surface area contributed by atoms with Gasteiger partial charge in [0.1, 0.15) is 0 Å². The summed E-state index contributed by atoms with van der Waals surface area (Å²) in [6, 6.07) is 0.349. The van der Waals surface area contributed by atoms with E-state index in [1.165, 1.54) is 25.0 Å². The lowest BCUT2D eigenvalue weighted by atomic mass is 9.94. The Labute approximate surface area is 103 Å². The summed E-state index contributed by atoms with van der Waals surface area (Å²) in [4.78, 5) is 0. The van der Waals surface area contributed by atoms with Gasteiger partial charge in [-0.2, -0.15) is 5.10 Å². The number of aryl methyl sites for hydroxylation is 1. The summed E-state index contributed by atoms with van der Waals surface area (Å²) in [5.41, 5.74) is 1.18. The summed E-state index contributed by atoms with van der Waals surface area (Å²) in [6.07, 6.45) is 5.72. The number of nitrogens with one attached hydrogen (secondary N) is 1. The molecule has 0 amide bonds. The maximum atomic E-state index is 5.41. The molecule has 96 valence electrons. The SMILES string of the molecule is CNC(c1c(OC)cnn1C)C1CCC(C)C1. The first-order chi connectivity index (χ1) is 8.17. The van der Waals surface area contributed by atoms with Gasteiger partial charge < -0.3 is 10.1 Å². The molecule has 0 bridgehead atoms. The summed E-state index contributed by atoms with van der Waals surface area (Å²) in [6.45, 7) is 2.34. The van der Waals surface area contributed by atoms with E-state index in [0.717, 1.165) is 11.7 Å². The van der Waals surface area contributed by atoms with Gasteiger partial charge in [0.05, 0.1) is 25.0 Å². The molecule has 4 nitrogen and oxygen atoms in total. The first-order valence-corrected chi connectivity index (χ1v) is 6.40. The van der Waals surface area contributed by atoms with E-state index in [4.69, 9.17) is 4.74 Å². The second-order valence-corrected chi connectivity index (χ2v) is 5.17. The second kappa shape index (κ2) is 5.08. The minimum atomic E-state index is 0.349. The first-order valence-electron chi connectivity index (χ1n) is 6.40. The molecule has 1 aliphatic carbocycles. The van der Waals surface area contributed by atoms with E-state index >= 15 is 0 Å². The zero-order valence-corrected chi connectivity index (χ0v) is 11.2. The van der Waals surface area contributed by atoms with E-state index in [1.807, 2.05) is 18.8 Å². The molecule has 4 heteroatoms. The highest BCUT2D eigenvalue weighted by Gasteiger charge is 2.32. The number of nitrogens with zero attached hydrogens (tertiary/aromatic N) is 2. The third-order valence-electron chi connectivity index (χ3n) is 3.98. The molecule has 0 saturated heterocycles. The van der Waals surface area contributed by atoms with Gasteiger partial charge in [0.15, 0.2) is 5.75 Å². The fourth-order valence-corrected chi connectivity index (χ4v) is 3.09. The van der Waals surface area contributed by atoms with Crippen LogP contribution in [0, 0.1) is 11.8 Å². The molecule has 0 spiro atoms. The fraction of sp³-hybridized carbons (Fsp3) is 0.769. The molecule has 0 aliphatic heterocycles.